The molecule has 0 spiro atoms. The zero-order valence-electron chi connectivity index (χ0n) is 9.82. The van der Waals surface area contributed by atoms with E-state index in [1.807, 2.05) is 23.3 Å². The monoisotopic (exact) mass is 238 g/mol. The molecule has 2 rings (SSSR count). The zero-order valence-corrected chi connectivity index (χ0v) is 10.6. The Morgan fingerprint density at radius 3 is 3.25 bits per heavy atom. The lowest BCUT2D eigenvalue weighted by molar-refractivity contribution is -0.133. The second-order valence-electron chi connectivity index (χ2n) is 4.17. The smallest absolute Gasteiger partial charge is 0.224 e. The van der Waals surface area contributed by atoms with Crippen molar-refractivity contribution in [3.05, 3.63) is 21.9 Å². The van der Waals surface area contributed by atoms with Gasteiger partial charge >= 0.3 is 0 Å². The molecular formula is C12H18N2OS. The van der Waals surface area contributed by atoms with Gasteiger partial charge < -0.3 is 10.2 Å². The number of amides is 1. The predicted octanol–water partition coefficient (Wildman–Crippen LogP) is 1.80. The average Bonchev–Trinajstić information content (AvgIpc) is 2.75. The number of carbonyl (C=O) groups excluding carboxylic acids is 1. The lowest BCUT2D eigenvalue weighted by atomic mass is 10.0. The van der Waals surface area contributed by atoms with Gasteiger partial charge in [0, 0.05) is 24.4 Å². The van der Waals surface area contributed by atoms with Gasteiger partial charge in [0.1, 0.15) is 0 Å². The van der Waals surface area contributed by atoms with E-state index in [9.17, 15) is 4.79 Å². The quantitative estimate of drug-likeness (QED) is 0.871. The lowest BCUT2D eigenvalue weighted by Crippen LogP contribution is -2.39. The predicted molar refractivity (Wildman–Crippen MR) is 66.7 cm³/mol. The van der Waals surface area contributed by atoms with Gasteiger partial charge in [0.25, 0.3) is 0 Å². The van der Waals surface area contributed by atoms with Gasteiger partial charge in [0.2, 0.25) is 5.91 Å². The van der Waals surface area contributed by atoms with Crippen molar-refractivity contribution in [1.29, 1.82) is 0 Å². The fourth-order valence-electron chi connectivity index (χ4n) is 2.23. The van der Waals surface area contributed by atoms with Crippen molar-refractivity contribution < 1.29 is 4.79 Å². The Balaban J connectivity index is 2.06. The van der Waals surface area contributed by atoms with Crippen LogP contribution in [-0.2, 0) is 11.2 Å². The molecule has 4 heteroatoms. The van der Waals surface area contributed by atoms with Crippen LogP contribution in [0.15, 0.2) is 11.4 Å². The Kier molecular flexibility index (Phi) is 3.61. The molecule has 1 aromatic rings. The standard InChI is InChI=1S/C12H18N2OS/c1-9-10-5-8-16-11(10)4-7-14(9)12(15)3-6-13-2/h5,8-9,13H,3-4,6-7H2,1-2H3. The third-order valence-corrected chi connectivity index (χ3v) is 4.18. The number of carbonyl (C=O) groups is 1. The minimum atomic E-state index is 0.249. The summed E-state index contributed by atoms with van der Waals surface area (Å²) in [6.07, 6.45) is 1.61. The molecule has 88 valence electrons. The Morgan fingerprint density at radius 1 is 1.69 bits per heavy atom. The molecule has 0 aliphatic carbocycles. The van der Waals surface area contributed by atoms with Crippen LogP contribution in [0.2, 0.25) is 0 Å². The van der Waals surface area contributed by atoms with E-state index >= 15 is 0 Å². The van der Waals surface area contributed by atoms with Crippen LogP contribution in [0.5, 0.6) is 0 Å². The Morgan fingerprint density at radius 2 is 2.50 bits per heavy atom. The fourth-order valence-corrected chi connectivity index (χ4v) is 3.19. The van der Waals surface area contributed by atoms with Crippen LogP contribution in [0.4, 0.5) is 0 Å². The number of nitrogens with one attached hydrogen (secondary N) is 1. The maximum Gasteiger partial charge on any atom is 0.224 e. The first-order chi connectivity index (χ1) is 7.74. The molecule has 0 bridgehead atoms. The third kappa shape index (κ3) is 2.13. The normalized spacial score (nSPS) is 19.6. The van der Waals surface area contributed by atoms with Crippen LogP contribution in [0, 0.1) is 0 Å². The highest BCUT2D eigenvalue weighted by molar-refractivity contribution is 7.10. The summed E-state index contributed by atoms with van der Waals surface area (Å²) in [5.41, 5.74) is 1.34. The molecule has 1 aliphatic rings. The summed E-state index contributed by atoms with van der Waals surface area (Å²) in [5.74, 6) is 0.263. The van der Waals surface area contributed by atoms with Crippen molar-refractivity contribution in [3.63, 3.8) is 0 Å². The van der Waals surface area contributed by atoms with Gasteiger partial charge in [-0.1, -0.05) is 0 Å². The van der Waals surface area contributed by atoms with Crippen LogP contribution in [0.1, 0.15) is 29.8 Å². The molecule has 1 N–H and O–H groups in total. The first-order valence-corrected chi connectivity index (χ1v) is 6.62. The van der Waals surface area contributed by atoms with Gasteiger partial charge in [-0.25, -0.2) is 0 Å². The number of rotatable bonds is 3. The highest BCUT2D eigenvalue weighted by Crippen LogP contribution is 2.32. The summed E-state index contributed by atoms with van der Waals surface area (Å²) in [5, 5.41) is 5.15. The first-order valence-electron chi connectivity index (χ1n) is 5.74. The highest BCUT2D eigenvalue weighted by atomic mass is 32.1. The van der Waals surface area contributed by atoms with E-state index in [1.54, 1.807) is 0 Å². The van der Waals surface area contributed by atoms with E-state index in [0.29, 0.717) is 6.42 Å². The van der Waals surface area contributed by atoms with Crippen molar-refractivity contribution >= 4 is 17.2 Å². The molecule has 2 heterocycles. The van der Waals surface area contributed by atoms with Crippen LogP contribution >= 0.6 is 11.3 Å². The van der Waals surface area contributed by atoms with E-state index in [-0.39, 0.29) is 11.9 Å². The van der Waals surface area contributed by atoms with Crippen LogP contribution in [0.25, 0.3) is 0 Å². The van der Waals surface area contributed by atoms with Gasteiger partial charge in [-0.2, -0.15) is 0 Å². The summed E-state index contributed by atoms with van der Waals surface area (Å²) in [6.45, 7) is 3.76. The Bertz CT molecular complexity index is 375. The van der Waals surface area contributed by atoms with Crippen molar-refractivity contribution in [2.45, 2.75) is 25.8 Å². The van der Waals surface area contributed by atoms with Crippen LogP contribution in [-0.4, -0.2) is 30.9 Å². The summed E-state index contributed by atoms with van der Waals surface area (Å²) in [7, 11) is 1.88. The van der Waals surface area contributed by atoms with Gasteiger partial charge in [-0.05, 0) is 37.4 Å². The average molecular weight is 238 g/mol. The molecule has 1 aromatic heterocycles. The second kappa shape index (κ2) is 4.97. The number of nitrogens with zero attached hydrogens (tertiary/aromatic N) is 1. The van der Waals surface area contributed by atoms with Crippen molar-refractivity contribution in [1.82, 2.24) is 10.2 Å². The third-order valence-electron chi connectivity index (χ3n) is 3.19. The van der Waals surface area contributed by atoms with Crippen molar-refractivity contribution in [3.8, 4) is 0 Å². The SMILES string of the molecule is CNCCC(=O)N1CCc2sccc2C1C. The van der Waals surface area contributed by atoms with Crippen molar-refractivity contribution in [2.75, 3.05) is 20.1 Å². The van der Waals surface area contributed by atoms with E-state index in [0.717, 1.165) is 19.5 Å². The Hall–Kier alpha value is -0.870. The first kappa shape index (κ1) is 11.6. The molecule has 1 unspecified atom stereocenters. The van der Waals surface area contributed by atoms with Crippen molar-refractivity contribution in [2.24, 2.45) is 0 Å². The highest BCUT2D eigenvalue weighted by Gasteiger charge is 2.27. The molecule has 0 saturated carbocycles. The molecule has 0 aromatic carbocycles. The summed E-state index contributed by atoms with van der Waals surface area (Å²) >= 11 is 1.81. The molecular weight excluding hydrogens is 220 g/mol. The van der Waals surface area contributed by atoms with Gasteiger partial charge in [0.05, 0.1) is 6.04 Å². The maximum absolute atomic E-state index is 12.0. The summed E-state index contributed by atoms with van der Waals surface area (Å²) in [4.78, 5) is 15.4. The molecule has 1 aliphatic heterocycles. The zero-order chi connectivity index (χ0) is 11.5. The number of thiophene rings is 1. The van der Waals surface area contributed by atoms with E-state index in [1.165, 1.54) is 10.4 Å². The van der Waals surface area contributed by atoms with Gasteiger partial charge in [0.15, 0.2) is 0 Å². The van der Waals surface area contributed by atoms with Crippen LogP contribution < -0.4 is 5.32 Å². The summed E-state index contributed by atoms with van der Waals surface area (Å²) < 4.78 is 0. The van der Waals surface area contributed by atoms with Crippen LogP contribution in [0.3, 0.4) is 0 Å². The molecule has 0 fully saturated rings. The van der Waals surface area contributed by atoms with E-state index < -0.39 is 0 Å². The van der Waals surface area contributed by atoms with Gasteiger partial charge in [-0.3, -0.25) is 4.79 Å². The number of fused-ring (bicyclic) bond motifs is 1. The number of hydrogen-bond acceptors (Lipinski definition) is 3. The molecule has 0 radical (unpaired) electrons. The minimum Gasteiger partial charge on any atom is -0.335 e. The van der Waals surface area contributed by atoms with E-state index in [4.69, 9.17) is 0 Å². The molecule has 0 saturated heterocycles. The molecule has 16 heavy (non-hydrogen) atoms. The fraction of sp³-hybridized carbons (Fsp3) is 0.583. The Labute approximate surface area is 100 Å². The molecule has 3 nitrogen and oxygen atoms in total. The summed E-state index contributed by atoms with van der Waals surface area (Å²) in [6, 6.07) is 2.40. The molecule has 1 amide bonds. The van der Waals surface area contributed by atoms with E-state index in [2.05, 4.69) is 23.7 Å². The van der Waals surface area contributed by atoms with Gasteiger partial charge in [-0.15, -0.1) is 11.3 Å². The second-order valence-corrected chi connectivity index (χ2v) is 5.17. The lowest BCUT2D eigenvalue weighted by Gasteiger charge is -2.33. The minimum absolute atomic E-state index is 0.249. The largest absolute Gasteiger partial charge is 0.335 e. The topological polar surface area (TPSA) is 32.3 Å². The maximum atomic E-state index is 12.0. The molecule has 1 atom stereocenters. The number of hydrogen-bond donors (Lipinski definition) is 1.